The van der Waals surface area contributed by atoms with Crippen molar-refractivity contribution in [3.63, 3.8) is 0 Å². The second-order valence-electron chi connectivity index (χ2n) is 4.14. The van der Waals surface area contributed by atoms with E-state index in [-0.39, 0.29) is 17.3 Å². The van der Waals surface area contributed by atoms with E-state index in [4.69, 9.17) is 0 Å². The third-order valence-electron chi connectivity index (χ3n) is 2.66. The number of esters is 1. The summed E-state index contributed by atoms with van der Waals surface area (Å²) in [6.45, 7) is 5.26. The number of ether oxygens (including phenoxy) is 1. The summed E-state index contributed by atoms with van der Waals surface area (Å²) in [5.41, 5.74) is -0.973. The van der Waals surface area contributed by atoms with Crippen LogP contribution in [0.15, 0.2) is 0 Å². The molecule has 74 valence electrons. The predicted molar refractivity (Wildman–Crippen MR) is 47.0 cm³/mol. The Balaban J connectivity index is 2.81. The number of nitrogens with one attached hydrogen (secondary N) is 1. The van der Waals surface area contributed by atoms with Gasteiger partial charge in [0.2, 0.25) is 5.91 Å². The molecule has 4 nitrogen and oxygen atoms in total. The van der Waals surface area contributed by atoms with Gasteiger partial charge in [-0.25, -0.2) is 4.79 Å². The predicted octanol–water partition coefficient (Wildman–Crippen LogP) is 0.464. The zero-order valence-electron chi connectivity index (χ0n) is 8.43. The molecule has 4 heteroatoms. The van der Waals surface area contributed by atoms with Gasteiger partial charge in [-0.05, 0) is 6.42 Å². The highest BCUT2D eigenvalue weighted by Crippen LogP contribution is 2.56. The van der Waals surface area contributed by atoms with Crippen molar-refractivity contribution in [1.82, 2.24) is 5.32 Å². The van der Waals surface area contributed by atoms with Crippen molar-refractivity contribution < 1.29 is 14.3 Å². The third kappa shape index (κ3) is 1.41. The fourth-order valence-electron chi connectivity index (χ4n) is 1.71. The Labute approximate surface area is 77.6 Å². The van der Waals surface area contributed by atoms with Gasteiger partial charge in [-0.1, -0.05) is 13.8 Å². The van der Waals surface area contributed by atoms with E-state index >= 15 is 0 Å². The number of carbonyl (C=O) groups excluding carboxylic acids is 2. The zero-order valence-corrected chi connectivity index (χ0v) is 8.43. The van der Waals surface area contributed by atoms with E-state index in [1.807, 2.05) is 13.8 Å². The molecule has 0 radical (unpaired) electrons. The quantitative estimate of drug-likeness (QED) is 0.636. The van der Waals surface area contributed by atoms with E-state index in [0.29, 0.717) is 6.42 Å². The summed E-state index contributed by atoms with van der Waals surface area (Å²) in [5.74, 6) is -0.552. The van der Waals surface area contributed by atoms with Gasteiger partial charge in [0.25, 0.3) is 0 Å². The van der Waals surface area contributed by atoms with Crippen molar-refractivity contribution >= 4 is 11.9 Å². The fraction of sp³-hybridized carbons (Fsp3) is 0.778. The summed E-state index contributed by atoms with van der Waals surface area (Å²) in [5, 5.41) is 2.66. The van der Waals surface area contributed by atoms with E-state index in [1.54, 1.807) is 0 Å². The lowest BCUT2D eigenvalue weighted by atomic mass is 10.0. The lowest BCUT2D eigenvalue weighted by molar-refractivity contribution is -0.147. The van der Waals surface area contributed by atoms with E-state index < -0.39 is 5.54 Å². The molecule has 0 aliphatic heterocycles. The van der Waals surface area contributed by atoms with Crippen LogP contribution in [0.5, 0.6) is 0 Å². The standard InChI is InChI=1S/C9H15NO3/c1-6(11)10-9(7(12)13-4)5-8(9,2)3/h5H2,1-4H3,(H,10,11)/t9-/m0/s1. The minimum Gasteiger partial charge on any atom is -0.467 e. The molecule has 0 heterocycles. The first kappa shape index (κ1) is 10.0. The summed E-state index contributed by atoms with van der Waals surface area (Å²) in [6, 6.07) is 0. The SMILES string of the molecule is COC(=O)[C@@]1(NC(C)=O)CC1(C)C. The molecule has 1 aliphatic rings. The number of amides is 1. The molecule has 0 bridgehead atoms. The zero-order chi connectivity index (χ0) is 10.3. The highest BCUT2D eigenvalue weighted by Gasteiger charge is 2.68. The van der Waals surface area contributed by atoms with Gasteiger partial charge in [-0.3, -0.25) is 4.79 Å². The van der Waals surface area contributed by atoms with Crippen molar-refractivity contribution in [3.05, 3.63) is 0 Å². The Morgan fingerprint density at radius 3 is 2.08 bits per heavy atom. The van der Waals surface area contributed by atoms with Crippen LogP contribution in [0, 0.1) is 5.41 Å². The topological polar surface area (TPSA) is 55.4 Å². The molecule has 1 saturated carbocycles. The molecule has 1 fully saturated rings. The van der Waals surface area contributed by atoms with Gasteiger partial charge in [0.15, 0.2) is 0 Å². The molecule has 0 aromatic carbocycles. The van der Waals surface area contributed by atoms with Gasteiger partial charge in [-0.2, -0.15) is 0 Å². The summed E-state index contributed by atoms with van der Waals surface area (Å²) in [4.78, 5) is 22.3. The first-order valence-electron chi connectivity index (χ1n) is 4.23. The van der Waals surface area contributed by atoms with Crippen LogP contribution in [0.1, 0.15) is 27.2 Å². The van der Waals surface area contributed by atoms with E-state index in [0.717, 1.165) is 0 Å². The van der Waals surface area contributed by atoms with Crippen LogP contribution in [0.3, 0.4) is 0 Å². The van der Waals surface area contributed by atoms with Crippen LogP contribution in [-0.2, 0) is 14.3 Å². The third-order valence-corrected chi connectivity index (χ3v) is 2.66. The molecule has 13 heavy (non-hydrogen) atoms. The summed E-state index contributed by atoms with van der Waals surface area (Å²) in [6.07, 6.45) is 0.645. The molecule has 1 atom stereocenters. The molecule has 0 spiro atoms. The van der Waals surface area contributed by atoms with Crippen LogP contribution < -0.4 is 5.32 Å². The van der Waals surface area contributed by atoms with Gasteiger partial charge in [0, 0.05) is 12.3 Å². The van der Waals surface area contributed by atoms with Crippen molar-refractivity contribution in [1.29, 1.82) is 0 Å². The van der Waals surface area contributed by atoms with E-state index in [1.165, 1.54) is 14.0 Å². The van der Waals surface area contributed by atoms with Gasteiger partial charge in [-0.15, -0.1) is 0 Å². The van der Waals surface area contributed by atoms with E-state index in [9.17, 15) is 9.59 Å². The van der Waals surface area contributed by atoms with Crippen molar-refractivity contribution in [2.24, 2.45) is 5.41 Å². The highest BCUT2D eigenvalue weighted by molar-refractivity contribution is 5.91. The van der Waals surface area contributed by atoms with Crippen LogP contribution in [0.4, 0.5) is 0 Å². The van der Waals surface area contributed by atoms with Crippen LogP contribution in [0.2, 0.25) is 0 Å². The van der Waals surface area contributed by atoms with Crippen molar-refractivity contribution in [2.75, 3.05) is 7.11 Å². The number of hydrogen-bond acceptors (Lipinski definition) is 3. The molecular formula is C9H15NO3. The van der Waals surface area contributed by atoms with Gasteiger partial charge in [0.05, 0.1) is 7.11 Å². The van der Waals surface area contributed by atoms with Crippen LogP contribution in [0.25, 0.3) is 0 Å². The molecular weight excluding hydrogens is 170 g/mol. The second-order valence-corrected chi connectivity index (χ2v) is 4.14. The van der Waals surface area contributed by atoms with Crippen LogP contribution >= 0.6 is 0 Å². The summed E-state index contributed by atoms with van der Waals surface area (Å²) in [7, 11) is 1.33. The Hall–Kier alpha value is -1.06. The Kier molecular flexibility index (Phi) is 2.10. The number of rotatable bonds is 2. The Morgan fingerprint density at radius 1 is 1.38 bits per heavy atom. The Bertz CT molecular complexity index is 260. The Morgan fingerprint density at radius 2 is 1.85 bits per heavy atom. The van der Waals surface area contributed by atoms with E-state index in [2.05, 4.69) is 10.1 Å². The molecule has 0 aromatic heterocycles. The lowest BCUT2D eigenvalue weighted by Crippen LogP contribution is -2.46. The minimum absolute atomic E-state index is 0.189. The summed E-state index contributed by atoms with van der Waals surface area (Å²) >= 11 is 0. The number of hydrogen-bond donors (Lipinski definition) is 1. The minimum atomic E-state index is -0.784. The van der Waals surface area contributed by atoms with Crippen molar-refractivity contribution in [3.8, 4) is 0 Å². The monoisotopic (exact) mass is 185 g/mol. The van der Waals surface area contributed by atoms with Crippen LogP contribution in [-0.4, -0.2) is 24.5 Å². The molecule has 1 rings (SSSR count). The highest BCUT2D eigenvalue weighted by atomic mass is 16.5. The molecule has 1 N–H and O–H groups in total. The normalized spacial score (nSPS) is 29.2. The lowest BCUT2D eigenvalue weighted by Gasteiger charge is -2.18. The van der Waals surface area contributed by atoms with Gasteiger partial charge in [0.1, 0.15) is 5.54 Å². The van der Waals surface area contributed by atoms with Gasteiger partial charge < -0.3 is 10.1 Å². The molecule has 0 saturated heterocycles. The van der Waals surface area contributed by atoms with Crippen molar-refractivity contribution in [2.45, 2.75) is 32.7 Å². The summed E-state index contributed by atoms with van der Waals surface area (Å²) < 4.78 is 4.66. The maximum Gasteiger partial charge on any atom is 0.332 e. The first-order valence-corrected chi connectivity index (χ1v) is 4.23. The maximum absolute atomic E-state index is 11.4. The number of methoxy groups -OCH3 is 1. The smallest absolute Gasteiger partial charge is 0.332 e. The molecule has 0 aromatic rings. The second kappa shape index (κ2) is 2.72. The molecule has 1 amide bonds. The maximum atomic E-state index is 11.4. The average Bonchev–Trinajstić information content (AvgIpc) is 2.51. The van der Waals surface area contributed by atoms with Gasteiger partial charge >= 0.3 is 5.97 Å². The average molecular weight is 185 g/mol. The number of carbonyl (C=O) groups is 2. The first-order chi connectivity index (χ1) is 5.85. The molecule has 0 unspecified atom stereocenters. The molecule has 1 aliphatic carbocycles. The fourth-order valence-corrected chi connectivity index (χ4v) is 1.71. The largest absolute Gasteiger partial charge is 0.467 e.